The quantitative estimate of drug-likeness (QED) is 0.707. The van der Waals surface area contributed by atoms with E-state index in [2.05, 4.69) is 10.3 Å². The molecule has 1 aromatic heterocycles. The largest absolute Gasteiger partial charge is 0.396 e. The second kappa shape index (κ2) is 7.04. The number of pyridine rings is 1. The number of amides is 1. The van der Waals surface area contributed by atoms with Crippen LogP contribution in [0.4, 0.5) is 0 Å². The fourth-order valence-electron chi connectivity index (χ4n) is 2.23. The lowest BCUT2D eigenvalue weighted by Gasteiger charge is -2.09. The molecule has 0 aliphatic heterocycles. The van der Waals surface area contributed by atoms with Crippen LogP contribution in [0.3, 0.4) is 0 Å². The van der Waals surface area contributed by atoms with Crippen molar-refractivity contribution in [3.63, 3.8) is 0 Å². The number of hydrogen-bond donors (Lipinski definition) is 3. The third kappa shape index (κ3) is 3.92. The normalized spacial score (nSPS) is 12.3. The van der Waals surface area contributed by atoms with E-state index in [-0.39, 0.29) is 24.0 Å². The SMILES string of the molecule is CC(CO)CCCNC(=O)c1cc(=O)[nH]c2ccccc12. The lowest BCUT2D eigenvalue weighted by molar-refractivity contribution is 0.0953. The Kier molecular flexibility index (Phi) is 5.11. The van der Waals surface area contributed by atoms with E-state index in [1.807, 2.05) is 25.1 Å². The molecule has 1 atom stereocenters. The molecule has 0 bridgehead atoms. The molecule has 0 spiro atoms. The Bertz CT molecular complexity index is 679. The van der Waals surface area contributed by atoms with Crippen molar-refractivity contribution in [1.29, 1.82) is 0 Å². The average molecular weight is 288 g/mol. The highest BCUT2D eigenvalue weighted by Gasteiger charge is 2.11. The van der Waals surface area contributed by atoms with Gasteiger partial charge in [-0.3, -0.25) is 9.59 Å². The summed E-state index contributed by atoms with van der Waals surface area (Å²) in [6.45, 7) is 2.66. The van der Waals surface area contributed by atoms with E-state index in [1.165, 1.54) is 6.07 Å². The molecule has 112 valence electrons. The first-order valence-corrected chi connectivity index (χ1v) is 7.13. The zero-order chi connectivity index (χ0) is 15.2. The maximum Gasteiger partial charge on any atom is 0.252 e. The number of fused-ring (bicyclic) bond motifs is 1. The Labute approximate surface area is 123 Å². The van der Waals surface area contributed by atoms with Gasteiger partial charge in [0.25, 0.3) is 5.91 Å². The topological polar surface area (TPSA) is 82.2 Å². The Balaban J connectivity index is 2.07. The third-order valence-electron chi connectivity index (χ3n) is 3.47. The molecular formula is C16H20N2O3. The monoisotopic (exact) mass is 288 g/mol. The van der Waals surface area contributed by atoms with Crippen LogP contribution in [0.1, 0.15) is 30.1 Å². The van der Waals surface area contributed by atoms with Crippen molar-refractivity contribution in [2.75, 3.05) is 13.2 Å². The molecule has 1 heterocycles. The predicted octanol–water partition coefficient (Wildman–Crippen LogP) is 1.67. The molecule has 5 heteroatoms. The number of nitrogens with one attached hydrogen (secondary N) is 2. The highest BCUT2D eigenvalue weighted by atomic mass is 16.3. The number of aromatic amines is 1. The molecule has 2 rings (SSSR count). The van der Waals surface area contributed by atoms with Gasteiger partial charge in [0.05, 0.1) is 5.56 Å². The molecule has 2 aromatic rings. The van der Waals surface area contributed by atoms with Crippen molar-refractivity contribution < 1.29 is 9.90 Å². The Morgan fingerprint density at radius 3 is 2.90 bits per heavy atom. The summed E-state index contributed by atoms with van der Waals surface area (Å²) in [7, 11) is 0. The molecule has 5 nitrogen and oxygen atoms in total. The molecule has 3 N–H and O–H groups in total. The van der Waals surface area contributed by atoms with Crippen LogP contribution >= 0.6 is 0 Å². The lowest BCUT2D eigenvalue weighted by atomic mass is 10.1. The summed E-state index contributed by atoms with van der Waals surface area (Å²) >= 11 is 0. The predicted molar refractivity (Wildman–Crippen MR) is 82.4 cm³/mol. The number of para-hydroxylation sites is 1. The van der Waals surface area contributed by atoms with E-state index in [4.69, 9.17) is 5.11 Å². The maximum atomic E-state index is 12.2. The summed E-state index contributed by atoms with van der Waals surface area (Å²) in [5, 5.41) is 12.5. The molecule has 0 fully saturated rings. The Morgan fingerprint density at radius 1 is 1.38 bits per heavy atom. The summed E-state index contributed by atoms with van der Waals surface area (Å²) < 4.78 is 0. The van der Waals surface area contributed by atoms with Gasteiger partial charge in [0, 0.05) is 30.1 Å². The number of carbonyl (C=O) groups is 1. The van der Waals surface area contributed by atoms with Crippen LogP contribution in [0.25, 0.3) is 10.9 Å². The van der Waals surface area contributed by atoms with Gasteiger partial charge in [0.1, 0.15) is 0 Å². The minimum absolute atomic E-state index is 0.159. The number of H-pyrrole nitrogens is 1. The number of aliphatic hydroxyl groups excluding tert-OH is 1. The van der Waals surface area contributed by atoms with Gasteiger partial charge in [0.15, 0.2) is 0 Å². The van der Waals surface area contributed by atoms with Crippen LogP contribution in [0, 0.1) is 5.92 Å². The second-order valence-electron chi connectivity index (χ2n) is 5.28. The maximum absolute atomic E-state index is 12.2. The second-order valence-corrected chi connectivity index (χ2v) is 5.28. The first-order valence-electron chi connectivity index (χ1n) is 7.13. The highest BCUT2D eigenvalue weighted by molar-refractivity contribution is 6.05. The van der Waals surface area contributed by atoms with Crippen molar-refractivity contribution in [3.8, 4) is 0 Å². The van der Waals surface area contributed by atoms with E-state index >= 15 is 0 Å². The summed E-state index contributed by atoms with van der Waals surface area (Å²) in [4.78, 5) is 26.5. The third-order valence-corrected chi connectivity index (χ3v) is 3.47. The number of carbonyl (C=O) groups excluding carboxylic acids is 1. The molecule has 0 saturated heterocycles. The number of hydrogen-bond acceptors (Lipinski definition) is 3. The lowest BCUT2D eigenvalue weighted by Crippen LogP contribution is -2.26. The van der Waals surface area contributed by atoms with Crippen LogP contribution < -0.4 is 10.9 Å². The Morgan fingerprint density at radius 2 is 2.14 bits per heavy atom. The van der Waals surface area contributed by atoms with Gasteiger partial charge in [-0.2, -0.15) is 0 Å². The van der Waals surface area contributed by atoms with E-state index in [0.29, 0.717) is 17.6 Å². The molecule has 0 saturated carbocycles. The van der Waals surface area contributed by atoms with Crippen LogP contribution in [0.15, 0.2) is 35.1 Å². The molecule has 0 aliphatic rings. The molecule has 1 unspecified atom stereocenters. The van der Waals surface area contributed by atoms with Gasteiger partial charge in [0.2, 0.25) is 5.56 Å². The fraction of sp³-hybridized carbons (Fsp3) is 0.375. The van der Waals surface area contributed by atoms with Crippen LogP contribution in [-0.4, -0.2) is 29.1 Å². The van der Waals surface area contributed by atoms with Gasteiger partial charge < -0.3 is 15.4 Å². The molecule has 1 aromatic carbocycles. The molecular weight excluding hydrogens is 268 g/mol. The zero-order valence-electron chi connectivity index (χ0n) is 12.1. The van der Waals surface area contributed by atoms with Crippen molar-refractivity contribution >= 4 is 16.8 Å². The van der Waals surface area contributed by atoms with E-state index in [0.717, 1.165) is 18.2 Å². The summed E-state index contributed by atoms with van der Waals surface area (Å²) in [5.74, 6) is -0.00347. The van der Waals surface area contributed by atoms with Crippen molar-refractivity contribution in [2.45, 2.75) is 19.8 Å². The van der Waals surface area contributed by atoms with E-state index < -0.39 is 0 Å². The van der Waals surface area contributed by atoms with Gasteiger partial charge >= 0.3 is 0 Å². The van der Waals surface area contributed by atoms with Crippen LogP contribution in [0.5, 0.6) is 0 Å². The summed E-state index contributed by atoms with van der Waals surface area (Å²) in [6, 6.07) is 8.56. The minimum Gasteiger partial charge on any atom is -0.396 e. The highest BCUT2D eigenvalue weighted by Crippen LogP contribution is 2.14. The summed E-state index contributed by atoms with van der Waals surface area (Å²) in [6.07, 6.45) is 1.65. The number of rotatable bonds is 6. The standard InChI is InChI=1S/C16H20N2O3/c1-11(10-19)5-4-8-17-16(21)13-9-15(20)18-14-7-3-2-6-12(13)14/h2-3,6-7,9,11,19H,4-5,8,10H2,1H3,(H,17,21)(H,18,20). The van der Waals surface area contributed by atoms with E-state index in [1.54, 1.807) is 6.07 Å². The van der Waals surface area contributed by atoms with Gasteiger partial charge in [-0.1, -0.05) is 25.1 Å². The smallest absolute Gasteiger partial charge is 0.252 e. The first kappa shape index (κ1) is 15.3. The van der Waals surface area contributed by atoms with Gasteiger partial charge in [-0.25, -0.2) is 0 Å². The Hall–Kier alpha value is -2.14. The van der Waals surface area contributed by atoms with Crippen LogP contribution in [0.2, 0.25) is 0 Å². The van der Waals surface area contributed by atoms with Gasteiger partial charge in [-0.05, 0) is 24.8 Å². The fourth-order valence-corrected chi connectivity index (χ4v) is 2.23. The number of aliphatic hydroxyl groups is 1. The van der Waals surface area contributed by atoms with Crippen molar-refractivity contribution in [3.05, 3.63) is 46.2 Å². The minimum atomic E-state index is -0.284. The van der Waals surface area contributed by atoms with Gasteiger partial charge in [-0.15, -0.1) is 0 Å². The molecule has 1 amide bonds. The number of aromatic nitrogens is 1. The summed E-state index contributed by atoms with van der Waals surface area (Å²) in [5.41, 5.74) is 0.765. The van der Waals surface area contributed by atoms with Crippen molar-refractivity contribution in [1.82, 2.24) is 10.3 Å². The molecule has 0 aliphatic carbocycles. The average Bonchev–Trinajstić information content (AvgIpc) is 2.50. The zero-order valence-corrected chi connectivity index (χ0v) is 12.1. The van der Waals surface area contributed by atoms with Crippen molar-refractivity contribution in [2.24, 2.45) is 5.92 Å². The molecule has 0 radical (unpaired) electrons. The van der Waals surface area contributed by atoms with E-state index in [9.17, 15) is 9.59 Å². The first-order chi connectivity index (χ1) is 10.1. The molecule has 21 heavy (non-hydrogen) atoms. The number of benzene rings is 1. The van der Waals surface area contributed by atoms with Crippen LogP contribution in [-0.2, 0) is 0 Å².